The van der Waals surface area contributed by atoms with Crippen LogP contribution in [0.3, 0.4) is 0 Å². The van der Waals surface area contributed by atoms with Crippen molar-refractivity contribution in [3.63, 3.8) is 0 Å². The first-order chi connectivity index (χ1) is 4.72. The zero-order chi connectivity index (χ0) is 7.56. The predicted molar refractivity (Wildman–Crippen MR) is 44.1 cm³/mol. The molecule has 1 saturated heterocycles. The third-order valence-corrected chi connectivity index (χ3v) is 2.40. The van der Waals surface area contributed by atoms with Crippen LogP contribution in [-0.4, -0.2) is 38.1 Å². The third kappa shape index (κ3) is 1.70. The lowest BCUT2D eigenvalue weighted by molar-refractivity contribution is 0.178. The van der Waals surface area contributed by atoms with E-state index in [0.29, 0.717) is 0 Å². The monoisotopic (exact) mass is 142 g/mol. The van der Waals surface area contributed by atoms with Crippen molar-refractivity contribution < 1.29 is 0 Å². The van der Waals surface area contributed by atoms with Crippen LogP contribution >= 0.6 is 0 Å². The summed E-state index contributed by atoms with van der Waals surface area (Å²) in [6, 6.07) is 0.793. The lowest BCUT2D eigenvalue weighted by atomic mass is 9.95. The molecule has 1 aliphatic heterocycles. The maximum Gasteiger partial charge on any atom is 0.0139 e. The van der Waals surface area contributed by atoms with Crippen molar-refractivity contribution >= 4 is 0 Å². The first-order valence-corrected chi connectivity index (χ1v) is 4.09. The lowest BCUT2D eigenvalue weighted by Gasteiger charge is -2.34. The molecular formula is C8H18N2. The van der Waals surface area contributed by atoms with E-state index in [-0.39, 0.29) is 0 Å². The summed E-state index contributed by atoms with van der Waals surface area (Å²) in [5.41, 5.74) is 0. The summed E-state index contributed by atoms with van der Waals surface area (Å²) >= 11 is 0. The van der Waals surface area contributed by atoms with Gasteiger partial charge < -0.3 is 10.2 Å². The highest BCUT2D eigenvalue weighted by Gasteiger charge is 2.21. The van der Waals surface area contributed by atoms with Crippen LogP contribution in [0.15, 0.2) is 0 Å². The van der Waals surface area contributed by atoms with Gasteiger partial charge in [-0.05, 0) is 39.5 Å². The second kappa shape index (κ2) is 3.35. The van der Waals surface area contributed by atoms with Gasteiger partial charge in [0, 0.05) is 6.04 Å². The van der Waals surface area contributed by atoms with Gasteiger partial charge in [-0.15, -0.1) is 0 Å². The summed E-state index contributed by atoms with van der Waals surface area (Å²) in [6.45, 7) is 4.69. The van der Waals surface area contributed by atoms with E-state index < -0.39 is 0 Å². The quantitative estimate of drug-likeness (QED) is 0.575. The Morgan fingerprint density at radius 2 is 2.10 bits per heavy atom. The molecule has 2 nitrogen and oxygen atoms in total. The molecule has 1 heterocycles. The van der Waals surface area contributed by atoms with Crippen LogP contribution in [0.4, 0.5) is 0 Å². The smallest absolute Gasteiger partial charge is 0.0139 e. The number of piperidine rings is 1. The summed E-state index contributed by atoms with van der Waals surface area (Å²) in [4.78, 5) is 2.34. The number of nitrogens with one attached hydrogen (secondary N) is 1. The molecule has 1 N–H and O–H groups in total. The Bertz CT molecular complexity index is 101. The molecule has 0 bridgehead atoms. The van der Waals surface area contributed by atoms with Gasteiger partial charge in [0.15, 0.2) is 0 Å². The van der Waals surface area contributed by atoms with E-state index in [0.717, 1.165) is 12.0 Å². The molecule has 0 amide bonds. The van der Waals surface area contributed by atoms with Crippen molar-refractivity contribution in [3.8, 4) is 0 Å². The molecule has 0 aromatic rings. The van der Waals surface area contributed by atoms with Crippen LogP contribution < -0.4 is 5.32 Å². The minimum Gasteiger partial charge on any atom is -0.316 e. The zero-order valence-electron chi connectivity index (χ0n) is 7.22. The van der Waals surface area contributed by atoms with Crippen LogP contribution in [-0.2, 0) is 0 Å². The van der Waals surface area contributed by atoms with Crippen LogP contribution in [0.25, 0.3) is 0 Å². The highest BCUT2D eigenvalue weighted by atomic mass is 15.1. The van der Waals surface area contributed by atoms with E-state index in [4.69, 9.17) is 0 Å². The minimum atomic E-state index is 0.793. The van der Waals surface area contributed by atoms with Gasteiger partial charge >= 0.3 is 0 Å². The van der Waals surface area contributed by atoms with Gasteiger partial charge in [-0.2, -0.15) is 0 Å². The predicted octanol–water partition coefficient (Wildman–Crippen LogP) is 0.546. The van der Waals surface area contributed by atoms with Crippen molar-refractivity contribution in [1.29, 1.82) is 0 Å². The first kappa shape index (κ1) is 8.02. The van der Waals surface area contributed by atoms with Crippen LogP contribution in [0.1, 0.15) is 13.3 Å². The Labute approximate surface area is 63.6 Å². The minimum absolute atomic E-state index is 0.793. The highest BCUT2D eigenvalue weighted by Crippen LogP contribution is 2.14. The molecule has 1 rings (SSSR count). The molecule has 0 aromatic heterocycles. The van der Waals surface area contributed by atoms with Gasteiger partial charge in [-0.25, -0.2) is 0 Å². The molecule has 0 unspecified atom stereocenters. The van der Waals surface area contributed by atoms with E-state index >= 15 is 0 Å². The third-order valence-electron chi connectivity index (χ3n) is 2.40. The second-order valence-electron chi connectivity index (χ2n) is 3.50. The van der Waals surface area contributed by atoms with Gasteiger partial charge in [0.25, 0.3) is 0 Å². The highest BCUT2D eigenvalue weighted by molar-refractivity contribution is 4.79. The Kier molecular flexibility index (Phi) is 2.69. The average molecular weight is 142 g/mol. The molecule has 0 spiro atoms. The molecule has 0 aliphatic carbocycles. The fourth-order valence-electron chi connectivity index (χ4n) is 1.77. The molecule has 1 aliphatic rings. The van der Waals surface area contributed by atoms with Gasteiger partial charge in [0.1, 0.15) is 0 Å². The maximum absolute atomic E-state index is 3.39. The molecule has 2 heteroatoms. The summed E-state index contributed by atoms with van der Waals surface area (Å²) in [5, 5.41) is 3.39. The molecule has 2 atom stereocenters. The van der Waals surface area contributed by atoms with Gasteiger partial charge in [0.05, 0.1) is 0 Å². The standard InChI is InChI=1S/C8H18N2/c1-7-6-9-5-4-8(7)10(2)3/h7-9H,4-6H2,1-3H3/t7-,8-/m0/s1. The van der Waals surface area contributed by atoms with E-state index in [2.05, 4.69) is 31.2 Å². The molecule has 10 heavy (non-hydrogen) atoms. The Morgan fingerprint density at radius 1 is 1.40 bits per heavy atom. The topological polar surface area (TPSA) is 15.3 Å². The molecule has 60 valence electrons. The Hall–Kier alpha value is -0.0800. The molecule has 0 saturated carbocycles. The molecule has 0 radical (unpaired) electrons. The van der Waals surface area contributed by atoms with Gasteiger partial charge in [0.2, 0.25) is 0 Å². The summed E-state index contributed by atoms with van der Waals surface area (Å²) in [6.07, 6.45) is 1.30. The Morgan fingerprint density at radius 3 is 2.50 bits per heavy atom. The van der Waals surface area contributed by atoms with Crippen molar-refractivity contribution in [3.05, 3.63) is 0 Å². The van der Waals surface area contributed by atoms with E-state index in [1.165, 1.54) is 19.5 Å². The maximum atomic E-state index is 3.39. The SMILES string of the molecule is C[C@H]1CNCC[C@@H]1N(C)C. The van der Waals surface area contributed by atoms with Crippen molar-refractivity contribution in [2.45, 2.75) is 19.4 Å². The second-order valence-corrected chi connectivity index (χ2v) is 3.50. The normalized spacial score (nSPS) is 34.8. The van der Waals surface area contributed by atoms with E-state index in [1.807, 2.05) is 0 Å². The zero-order valence-corrected chi connectivity index (χ0v) is 7.22. The first-order valence-electron chi connectivity index (χ1n) is 4.09. The van der Waals surface area contributed by atoms with E-state index in [9.17, 15) is 0 Å². The van der Waals surface area contributed by atoms with Crippen molar-refractivity contribution in [1.82, 2.24) is 10.2 Å². The van der Waals surface area contributed by atoms with Crippen LogP contribution in [0.2, 0.25) is 0 Å². The van der Waals surface area contributed by atoms with Crippen LogP contribution in [0.5, 0.6) is 0 Å². The summed E-state index contributed by atoms with van der Waals surface area (Å²) < 4.78 is 0. The lowest BCUT2D eigenvalue weighted by Crippen LogP contribution is -2.45. The number of hydrogen-bond acceptors (Lipinski definition) is 2. The largest absolute Gasteiger partial charge is 0.316 e. The fraction of sp³-hybridized carbons (Fsp3) is 1.00. The molecular weight excluding hydrogens is 124 g/mol. The molecule has 0 aromatic carbocycles. The molecule has 1 fully saturated rings. The number of hydrogen-bond donors (Lipinski definition) is 1. The summed E-state index contributed by atoms with van der Waals surface area (Å²) in [5.74, 6) is 0.809. The van der Waals surface area contributed by atoms with Crippen molar-refractivity contribution in [2.75, 3.05) is 27.2 Å². The summed E-state index contributed by atoms with van der Waals surface area (Å²) in [7, 11) is 4.35. The average Bonchev–Trinajstić information content (AvgIpc) is 1.88. The van der Waals surface area contributed by atoms with Crippen LogP contribution in [0, 0.1) is 5.92 Å². The van der Waals surface area contributed by atoms with E-state index in [1.54, 1.807) is 0 Å². The van der Waals surface area contributed by atoms with Gasteiger partial charge in [-0.1, -0.05) is 6.92 Å². The van der Waals surface area contributed by atoms with Gasteiger partial charge in [-0.3, -0.25) is 0 Å². The van der Waals surface area contributed by atoms with Crippen molar-refractivity contribution in [2.24, 2.45) is 5.92 Å². The number of nitrogens with zero attached hydrogens (tertiary/aromatic N) is 1. The fourth-order valence-corrected chi connectivity index (χ4v) is 1.77. The Balaban J connectivity index is 2.40. The number of rotatable bonds is 1.